The normalized spacial score (nSPS) is 23.7. The number of hydrogen-bond acceptors (Lipinski definition) is 12. The number of carbonyl (C=O) groups excluding carboxylic acids is 2. The van der Waals surface area contributed by atoms with Crippen LogP contribution in [0.15, 0.2) is 60.8 Å². The quantitative estimate of drug-likeness (QED) is 0.0189. The van der Waals surface area contributed by atoms with Crippen molar-refractivity contribution in [1.82, 2.24) is 0 Å². The van der Waals surface area contributed by atoms with Gasteiger partial charge in [-0.15, -0.1) is 0 Å². The Balaban J connectivity index is 2.59. The Morgan fingerprint density at radius 2 is 1.07 bits per heavy atom. The van der Waals surface area contributed by atoms with Crippen LogP contribution in [-0.4, -0.2) is 98.3 Å². The first-order valence-electron chi connectivity index (χ1n) is 20.1. The third-order valence-electron chi connectivity index (χ3n) is 8.86. The molecule has 0 bridgehead atoms. The van der Waals surface area contributed by atoms with E-state index in [0.717, 1.165) is 57.8 Å². The van der Waals surface area contributed by atoms with Crippen molar-refractivity contribution in [2.24, 2.45) is 0 Å². The van der Waals surface area contributed by atoms with Crippen molar-refractivity contribution in [3.8, 4) is 0 Å². The molecule has 55 heavy (non-hydrogen) atoms. The molecule has 0 heterocycles. The van der Waals surface area contributed by atoms with Gasteiger partial charge in [-0.2, -0.15) is 0 Å². The molecule has 1 saturated carbocycles. The molecule has 0 aromatic carbocycles. The fourth-order valence-electron chi connectivity index (χ4n) is 5.59. The molecule has 13 nitrogen and oxygen atoms in total. The van der Waals surface area contributed by atoms with Gasteiger partial charge in [0.2, 0.25) is 0 Å². The van der Waals surface area contributed by atoms with Crippen LogP contribution in [-0.2, 0) is 32.7 Å². The van der Waals surface area contributed by atoms with E-state index in [4.69, 9.17) is 18.5 Å². The van der Waals surface area contributed by atoms with Crippen molar-refractivity contribution in [3.05, 3.63) is 60.8 Å². The summed E-state index contributed by atoms with van der Waals surface area (Å²) in [4.78, 5) is 35.4. The third-order valence-corrected chi connectivity index (χ3v) is 9.84. The highest BCUT2D eigenvalue weighted by molar-refractivity contribution is 7.47. The zero-order chi connectivity index (χ0) is 40.7. The average molecular weight is 801 g/mol. The molecule has 0 amide bonds. The number of aliphatic hydroxyl groups excluding tert-OH is 5. The molecule has 1 fully saturated rings. The second kappa shape index (κ2) is 31.6. The van der Waals surface area contributed by atoms with Gasteiger partial charge in [0, 0.05) is 12.8 Å². The lowest BCUT2D eigenvalue weighted by Crippen LogP contribution is -2.64. The number of hydrogen-bond donors (Lipinski definition) is 6. The minimum absolute atomic E-state index is 0.0285. The molecule has 0 aliphatic heterocycles. The lowest BCUT2D eigenvalue weighted by Gasteiger charge is -2.41. The van der Waals surface area contributed by atoms with Crippen molar-refractivity contribution >= 4 is 19.8 Å². The molecule has 1 rings (SSSR count). The highest BCUT2D eigenvalue weighted by atomic mass is 31.2. The Labute approximate surface area is 328 Å². The minimum atomic E-state index is -5.13. The largest absolute Gasteiger partial charge is 0.472 e. The molecular weight excluding hydrogens is 731 g/mol. The zero-order valence-corrected chi connectivity index (χ0v) is 33.8. The molecule has 0 radical (unpaired) electrons. The van der Waals surface area contributed by atoms with E-state index in [-0.39, 0.29) is 12.8 Å². The summed E-state index contributed by atoms with van der Waals surface area (Å²) in [5.74, 6) is -1.21. The van der Waals surface area contributed by atoms with Crippen LogP contribution < -0.4 is 0 Å². The topological polar surface area (TPSA) is 210 Å². The number of phosphoric acid groups is 1. The van der Waals surface area contributed by atoms with Crippen molar-refractivity contribution in [2.75, 3.05) is 13.2 Å². The van der Waals surface area contributed by atoms with Crippen LogP contribution >= 0.6 is 7.82 Å². The number of carbonyl (C=O) groups is 2. The van der Waals surface area contributed by atoms with Crippen LogP contribution in [0.5, 0.6) is 0 Å². The summed E-state index contributed by atoms with van der Waals surface area (Å²) >= 11 is 0. The van der Waals surface area contributed by atoms with Gasteiger partial charge >= 0.3 is 19.8 Å². The number of allylic oxidation sites excluding steroid dienone is 10. The number of phosphoric ester groups is 1. The second-order valence-corrected chi connectivity index (χ2v) is 15.2. The van der Waals surface area contributed by atoms with E-state index in [1.54, 1.807) is 0 Å². The van der Waals surface area contributed by atoms with Crippen LogP contribution in [0.4, 0.5) is 0 Å². The van der Waals surface area contributed by atoms with Gasteiger partial charge in [-0.3, -0.25) is 18.6 Å². The van der Waals surface area contributed by atoms with Crippen molar-refractivity contribution in [2.45, 2.75) is 172 Å². The fourth-order valence-corrected chi connectivity index (χ4v) is 6.56. The SMILES string of the molecule is CC/C=C\C/C=C\C/C=C\C/C=C\CCC(=O)OC(COC(=O)CCCCCCC/C=C\CCCCCC)COP(=O)(O)OC1C(O)C(O)C(O)C(O)C1O. The standard InChI is InChI=1S/C41H69O13P/c1-3-5-7-9-11-13-15-17-19-21-23-25-27-29-34(42)51-31-33(32-52-55(49,50)54-41-39(47)37(45)36(44)38(46)40(41)48)53-35(43)30-28-26-24-22-20-18-16-14-12-10-8-6-4-2/h6,8,12-15,18,20,24,26,33,36-41,44-48H,3-5,7,9-11,16-17,19,21-23,25,27-32H2,1-2H3,(H,49,50)/b8-6-,14-12-,15-13-,20-18-,26-24-. The van der Waals surface area contributed by atoms with Crippen LogP contribution in [0, 0.1) is 0 Å². The number of esters is 2. The summed E-state index contributed by atoms with van der Waals surface area (Å²) in [5.41, 5.74) is 0. The van der Waals surface area contributed by atoms with E-state index in [9.17, 15) is 44.6 Å². The van der Waals surface area contributed by atoms with Gasteiger partial charge in [0.15, 0.2) is 6.10 Å². The van der Waals surface area contributed by atoms with Crippen molar-refractivity contribution in [3.63, 3.8) is 0 Å². The summed E-state index contributed by atoms with van der Waals surface area (Å²) in [6, 6.07) is 0. The van der Waals surface area contributed by atoms with Gasteiger partial charge in [0.25, 0.3) is 0 Å². The molecule has 6 N–H and O–H groups in total. The average Bonchev–Trinajstić information content (AvgIpc) is 3.16. The second-order valence-electron chi connectivity index (χ2n) is 13.7. The molecule has 0 aromatic heterocycles. The summed E-state index contributed by atoms with van der Waals surface area (Å²) < 4.78 is 33.3. The predicted molar refractivity (Wildman–Crippen MR) is 212 cm³/mol. The van der Waals surface area contributed by atoms with Crippen LogP contribution in [0.25, 0.3) is 0 Å². The first-order chi connectivity index (χ1) is 26.4. The predicted octanol–water partition coefficient (Wildman–Crippen LogP) is 6.60. The van der Waals surface area contributed by atoms with E-state index >= 15 is 0 Å². The van der Waals surface area contributed by atoms with Gasteiger partial charge < -0.3 is 39.9 Å². The van der Waals surface area contributed by atoms with Crippen molar-refractivity contribution < 1.29 is 63.1 Å². The minimum Gasteiger partial charge on any atom is -0.462 e. The van der Waals surface area contributed by atoms with E-state index in [0.29, 0.717) is 19.3 Å². The molecular formula is C41H69O13P. The maximum atomic E-state index is 12.7. The number of aliphatic hydroxyl groups is 5. The van der Waals surface area contributed by atoms with E-state index in [1.165, 1.54) is 25.7 Å². The molecule has 1 aliphatic carbocycles. The number of unbranched alkanes of at least 4 members (excludes halogenated alkanes) is 9. The third kappa shape index (κ3) is 24.7. The number of ether oxygens (including phenoxy) is 2. The molecule has 0 spiro atoms. The highest BCUT2D eigenvalue weighted by Gasteiger charge is 2.51. The molecule has 14 heteroatoms. The monoisotopic (exact) mass is 800 g/mol. The summed E-state index contributed by atoms with van der Waals surface area (Å²) in [5, 5.41) is 49.9. The Kier molecular flexibility index (Phi) is 29.1. The lowest BCUT2D eigenvalue weighted by atomic mass is 9.85. The Hall–Kier alpha value is -2.45. The summed E-state index contributed by atoms with van der Waals surface area (Å²) in [7, 11) is -5.13. The highest BCUT2D eigenvalue weighted by Crippen LogP contribution is 2.47. The van der Waals surface area contributed by atoms with Crippen molar-refractivity contribution in [1.29, 1.82) is 0 Å². The van der Waals surface area contributed by atoms with Gasteiger partial charge in [0.1, 0.15) is 43.2 Å². The molecule has 6 atom stereocenters. The van der Waals surface area contributed by atoms with Crippen LogP contribution in [0.3, 0.4) is 0 Å². The van der Waals surface area contributed by atoms with Crippen LogP contribution in [0.1, 0.15) is 129 Å². The molecule has 6 unspecified atom stereocenters. The molecule has 316 valence electrons. The maximum absolute atomic E-state index is 12.7. The maximum Gasteiger partial charge on any atom is 0.472 e. The number of rotatable bonds is 31. The van der Waals surface area contributed by atoms with E-state index in [1.807, 2.05) is 24.3 Å². The van der Waals surface area contributed by atoms with Gasteiger partial charge in [0.05, 0.1) is 6.61 Å². The summed E-state index contributed by atoms with van der Waals surface area (Å²) in [6.45, 7) is 3.06. The zero-order valence-electron chi connectivity index (χ0n) is 32.9. The van der Waals surface area contributed by atoms with Gasteiger partial charge in [-0.1, -0.05) is 113 Å². The Morgan fingerprint density at radius 1 is 0.582 bits per heavy atom. The fraction of sp³-hybridized carbons (Fsp3) is 0.707. The summed E-state index contributed by atoms with van der Waals surface area (Å²) in [6.07, 6.45) is 23.1. The van der Waals surface area contributed by atoms with Crippen LogP contribution in [0.2, 0.25) is 0 Å². The molecule has 1 aliphatic rings. The molecule has 0 aromatic rings. The Morgan fingerprint density at radius 3 is 1.65 bits per heavy atom. The van der Waals surface area contributed by atoms with Gasteiger partial charge in [-0.05, 0) is 64.2 Å². The first-order valence-corrected chi connectivity index (χ1v) is 21.6. The smallest absolute Gasteiger partial charge is 0.462 e. The van der Waals surface area contributed by atoms with Gasteiger partial charge in [-0.25, -0.2) is 4.57 Å². The molecule has 0 saturated heterocycles. The first kappa shape index (κ1) is 50.6. The van der Waals surface area contributed by atoms with E-state index in [2.05, 4.69) is 50.3 Å². The van der Waals surface area contributed by atoms with E-state index < -0.39 is 75.7 Å². The lowest BCUT2D eigenvalue weighted by molar-refractivity contribution is -0.220. The Bertz CT molecular complexity index is 1200.